The molecule has 3 aromatic carbocycles. The molecule has 0 fully saturated rings. The minimum Gasteiger partial charge on any atom is -0.488 e. The standard InChI is InChI=1S/C32H36F3N5O5/c1-20-17-40(21(2)19-41)29(42)16-22-15-26(37-30(43)36-25-11-9-23(10-12-25)32(33,34)35)13-14-27(22)45-28(20)18-39(3)31(44)38-24-7-5-4-6-8-24/h4-15,20-21,28,41H,16-19H2,1-3H3,(H,38,44)(H2,36,37,43)/t20-,21+,28-/m1/s1. The second kappa shape index (κ2) is 14.3. The molecule has 5 amide bonds. The van der Waals surface area contributed by atoms with E-state index in [0.29, 0.717) is 22.7 Å². The molecule has 0 aromatic heterocycles. The second-order valence-corrected chi connectivity index (χ2v) is 11.0. The maximum absolute atomic E-state index is 13.4. The van der Waals surface area contributed by atoms with Gasteiger partial charge in [0.05, 0.1) is 31.2 Å². The summed E-state index contributed by atoms with van der Waals surface area (Å²) in [6.07, 6.45) is -5.12. The molecule has 0 saturated heterocycles. The van der Waals surface area contributed by atoms with Gasteiger partial charge in [0.2, 0.25) is 5.91 Å². The van der Waals surface area contributed by atoms with Crippen molar-refractivity contribution >= 4 is 35.0 Å². The first-order valence-corrected chi connectivity index (χ1v) is 14.4. The van der Waals surface area contributed by atoms with E-state index in [1.54, 1.807) is 49.2 Å². The second-order valence-electron chi connectivity index (χ2n) is 11.0. The number of nitrogens with one attached hydrogen (secondary N) is 3. The Bertz CT molecular complexity index is 1490. The number of hydrogen-bond acceptors (Lipinski definition) is 5. The number of aliphatic hydroxyl groups excluding tert-OH is 1. The van der Waals surface area contributed by atoms with Crippen LogP contribution in [0.2, 0.25) is 0 Å². The van der Waals surface area contributed by atoms with Crippen LogP contribution >= 0.6 is 0 Å². The summed E-state index contributed by atoms with van der Waals surface area (Å²) in [6.45, 7) is 3.85. The minimum atomic E-state index is -4.49. The summed E-state index contributed by atoms with van der Waals surface area (Å²) < 4.78 is 45.0. The summed E-state index contributed by atoms with van der Waals surface area (Å²) in [6, 6.07) is 16.3. The number of anilines is 3. The Morgan fingerprint density at radius 1 is 1.00 bits per heavy atom. The topological polar surface area (TPSA) is 123 Å². The molecule has 3 atom stereocenters. The van der Waals surface area contributed by atoms with Gasteiger partial charge in [0, 0.05) is 42.1 Å². The van der Waals surface area contributed by atoms with Crippen LogP contribution in [0.4, 0.5) is 39.8 Å². The molecule has 1 aliphatic heterocycles. The van der Waals surface area contributed by atoms with Crippen molar-refractivity contribution in [2.75, 3.05) is 42.7 Å². The molecule has 1 aliphatic rings. The highest BCUT2D eigenvalue weighted by molar-refractivity contribution is 6.00. The Morgan fingerprint density at radius 2 is 1.62 bits per heavy atom. The van der Waals surface area contributed by atoms with Crippen LogP contribution in [0.15, 0.2) is 72.8 Å². The molecule has 0 bridgehead atoms. The van der Waals surface area contributed by atoms with Crippen molar-refractivity contribution < 1.29 is 37.4 Å². The van der Waals surface area contributed by atoms with E-state index in [2.05, 4.69) is 16.0 Å². The third-order valence-electron chi connectivity index (χ3n) is 7.47. The molecule has 0 aliphatic carbocycles. The van der Waals surface area contributed by atoms with Gasteiger partial charge in [-0.3, -0.25) is 4.79 Å². The van der Waals surface area contributed by atoms with Crippen molar-refractivity contribution in [2.45, 2.75) is 38.6 Å². The van der Waals surface area contributed by atoms with Gasteiger partial charge in [0.15, 0.2) is 0 Å². The van der Waals surface area contributed by atoms with Crippen LogP contribution in [-0.4, -0.2) is 71.8 Å². The van der Waals surface area contributed by atoms with Crippen LogP contribution in [0.5, 0.6) is 5.75 Å². The van der Waals surface area contributed by atoms with E-state index < -0.39 is 29.9 Å². The minimum absolute atomic E-state index is 0.0838. The van der Waals surface area contributed by atoms with Crippen LogP contribution in [0.25, 0.3) is 0 Å². The lowest BCUT2D eigenvalue weighted by molar-refractivity contribution is -0.137. The fraction of sp³-hybridized carbons (Fsp3) is 0.344. The predicted molar refractivity (Wildman–Crippen MR) is 164 cm³/mol. The van der Waals surface area contributed by atoms with Crippen molar-refractivity contribution in [3.63, 3.8) is 0 Å². The zero-order valence-corrected chi connectivity index (χ0v) is 25.1. The van der Waals surface area contributed by atoms with Crippen molar-refractivity contribution in [1.82, 2.24) is 9.80 Å². The first-order chi connectivity index (χ1) is 21.3. The lowest BCUT2D eigenvalue weighted by Gasteiger charge is -2.34. The Balaban J connectivity index is 1.53. The fourth-order valence-corrected chi connectivity index (χ4v) is 4.85. The maximum Gasteiger partial charge on any atom is 0.416 e. The van der Waals surface area contributed by atoms with E-state index in [1.165, 1.54) is 4.90 Å². The first-order valence-electron chi connectivity index (χ1n) is 14.4. The fourth-order valence-electron chi connectivity index (χ4n) is 4.85. The highest BCUT2D eigenvalue weighted by Gasteiger charge is 2.32. The molecule has 4 N–H and O–H groups in total. The number of halogens is 3. The SMILES string of the molecule is C[C@@H]1CN([C@@H](C)CO)C(=O)Cc2cc(NC(=O)Nc3ccc(C(F)(F)F)cc3)ccc2O[C@@H]1CN(C)C(=O)Nc1ccccc1. The number of fused-ring (bicyclic) bond motifs is 1. The predicted octanol–water partition coefficient (Wildman–Crippen LogP) is 5.66. The molecule has 10 nitrogen and oxygen atoms in total. The van der Waals surface area contributed by atoms with Crippen molar-refractivity contribution in [3.8, 4) is 5.75 Å². The third kappa shape index (κ3) is 8.88. The smallest absolute Gasteiger partial charge is 0.416 e. The van der Waals surface area contributed by atoms with E-state index in [9.17, 15) is 32.7 Å². The lowest BCUT2D eigenvalue weighted by Crippen LogP contribution is -2.48. The number of rotatable bonds is 7. The molecule has 45 heavy (non-hydrogen) atoms. The molecule has 0 saturated carbocycles. The van der Waals surface area contributed by atoms with Crippen LogP contribution in [0.1, 0.15) is 25.0 Å². The highest BCUT2D eigenvalue weighted by Crippen LogP contribution is 2.31. The normalized spacial score (nSPS) is 17.5. The Hall–Kier alpha value is -4.78. The molecule has 240 valence electrons. The van der Waals surface area contributed by atoms with Gasteiger partial charge in [-0.2, -0.15) is 13.2 Å². The number of amides is 5. The van der Waals surface area contributed by atoms with E-state index in [4.69, 9.17) is 4.74 Å². The third-order valence-corrected chi connectivity index (χ3v) is 7.47. The van der Waals surface area contributed by atoms with Gasteiger partial charge in [0.25, 0.3) is 0 Å². The first kappa shape index (κ1) is 33.1. The molecule has 1 heterocycles. The molecule has 0 unspecified atom stereocenters. The summed E-state index contributed by atoms with van der Waals surface area (Å²) in [5.74, 6) is -0.104. The number of aliphatic hydroxyl groups is 1. The number of ether oxygens (including phenoxy) is 1. The summed E-state index contributed by atoms with van der Waals surface area (Å²) >= 11 is 0. The molecule has 4 rings (SSSR count). The van der Waals surface area contributed by atoms with Crippen molar-refractivity contribution in [3.05, 3.63) is 83.9 Å². The van der Waals surface area contributed by atoms with Gasteiger partial charge in [0.1, 0.15) is 11.9 Å². The number of nitrogens with zero attached hydrogens (tertiary/aromatic N) is 2. The summed E-state index contributed by atoms with van der Waals surface area (Å²) in [7, 11) is 1.64. The number of para-hydroxylation sites is 1. The number of carbonyl (C=O) groups excluding carboxylic acids is 3. The van der Waals surface area contributed by atoms with Crippen molar-refractivity contribution in [2.24, 2.45) is 5.92 Å². The van der Waals surface area contributed by atoms with Crippen molar-refractivity contribution in [1.29, 1.82) is 0 Å². The lowest BCUT2D eigenvalue weighted by atomic mass is 10.0. The molecule has 0 radical (unpaired) electrons. The van der Waals surface area contributed by atoms with Crippen LogP contribution in [-0.2, 0) is 17.4 Å². The molecule has 3 aromatic rings. The van der Waals surface area contributed by atoms with Crippen LogP contribution in [0.3, 0.4) is 0 Å². The van der Waals surface area contributed by atoms with E-state index in [1.807, 2.05) is 25.1 Å². The summed E-state index contributed by atoms with van der Waals surface area (Å²) in [5.41, 5.74) is 0.750. The number of hydrogen-bond donors (Lipinski definition) is 4. The Kier molecular flexibility index (Phi) is 10.6. The Labute approximate surface area is 259 Å². The van der Waals surface area contributed by atoms with Crippen LogP contribution in [0, 0.1) is 5.92 Å². The van der Waals surface area contributed by atoms with Crippen LogP contribution < -0.4 is 20.7 Å². The zero-order valence-electron chi connectivity index (χ0n) is 25.1. The number of likely N-dealkylation sites (N-methyl/N-ethyl adjacent to an activating group) is 1. The monoisotopic (exact) mass is 627 g/mol. The van der Waals surface area contributed by atoms with Gasteiger partial charge in [-0.05, 0) is 61.5 Å². The van der Waals surface area contributed by atoms with E-state index >= 15 is 0 Å². The largest absolute Gasteiger partial charge is 0.488 e. The van der Waals surface area contributed by atoms with Gasteiger partial charge in [-0.15, -0.1) is 0 Å². The Morgan fingerprint density at radius 3 is 2.27 bits per heavy atom. The number of alkyl halides is 3. The van der Waals surface area contributed by atoms with E-state index in [-0.39, 0.29) is 49.7 Å². The van der Waals surface area contributed by atoms with Gasteiger partial charge in [-0.1, -0.05) is 25.1 Å². The summed E-state index contributed by atoms with van der Waals surface area (Å²) in [4.78, 5) is 42.1. The molecular formula is C32H36F3N5O5. The maximum atomic E-state index is 13.4. The van der Waals surface area contributed by atoms with Gasteiger partial charge < -0.3 is 35.6 Å². The van der Waals surface area contributed by atoms with Gasteiger partial charge >= 0.3 is 18.2 Å². The number of benzene rings is 3. The number of carbonyl (C=O) groups is 3. The summed E-state index contributed by atoms with van der Waals surface area (Å²) in [5, 5.41) is 17.8. The zero-order chi connectivity index (χ0) is 32.7. The average molecular weight is 628 g/mol. The molecular weight excluding hydrogens is 591 g/mol. The molecule has 0 spiro atoms. The van der Waals surface area contributed by atoms with E-state index in [0.717, 1.165) is 24.3 Å². The quantitative estimate of drug-likeness (QED) is 0.269. The highest BCUT2D eigenvalue weighted by atomic mass is 19.4. The average Bonchev–Trinajstić information content (AvgIpc) is 3.04. The number of urea groups is 2. The molecule has 13 heteroatoms. The van der Waals surface area contributed by atoms with Gasteiger partial charge in [-0.25, -0.2) is 9.59 Å².